The predicted molar refractivity (Wildman–Crippen MR) is 87.2 cm³/mol. The number of benzene rings is 1. The first-order valence-electron chi connectivity index (χ1n) is 8.54. The van der Waals surface area contributed by atoms with Gasteiger partial charge in [-0.1, -0.05) is 24.3 Å². The Kier molecular flexibility index (Phi) is 4.12. The van der Waals surface area contributed by atoms with Crippen LogP contribution >= 0.6 is 0 Å². The summed E-state index contributed by atoms with van der Waals surface area (Å²) < 4.78 is 5.30. The van der Waals surface area contributed by atoms with Gasteiger partial charge in [0.2, 0.25) is 0 Å². The fourth-order valence-electron chi connectivity index (χ4n) is 3.80. The number of nitrogens with one attached hydrogen (secondary N) is 3. The highest BCUT2D eigenvalue weighted by Gasteiger charge is 2.38. The van der Waals surface area contributed by atoms with Crippen LogP contribution in [0.25, 0.3) is 0 Å². The van der Waals surface area contributed by atoms with Crippen molar-refractivity contribution < 1.29 is 14.3 Å². The molecule has 128 valence electrons. The molecule has 0 bridgehead atoms. The van der Waals surface area contributed by atoms with Crippen molar-refractivity contribution in [2.75, 3.05) is 13.2 Å². The molecule has 2 aliphatic heterocycles. The summed E-state index contributed by atoms with van der Waals surface area (Å²) in [5.74, 6) is 0. The molecule has 3 aliphatic rings. The van der Waals surface area contributed by atoms with Gasteiger partial charge in [0.15, 0.2) is 6.29 Å². The van der Waals surface area contributed by atoms with Crippen LogP contribution in [-0.4, -0.2) is 42.5 Å². The number of carbonyl (C=O) groups is 2. The van der Waals surface area contributed by atoms with Crippen LogP contribution in [0.2, 0.25) is 0 Å². The third-order valence-corrected chi connectivity index (χ3v) is 5.03. The molecule has 2 heterocycles. The van der Waals surface area contributed by atoms with E-state index >= 15 is 0 Å². The van der Waals surface area contributed by atoms with Gasteiger partial charge in [-0.05, 0) is 36.8 Å². The summed E-state index contributed by atoms with van der Waals surface area (Å²) in [6.45, 7) is 1.17. The number of amides is 4. The van der Waals surface area contributed by atoms with E-state index in [2.05, 4.69) is 28.1 Å². The van der Waals surface area contributed by atoms with Crippen molar-refractivity contribution in [3.05, 3.63) is 35.4 Å². The molecule has 3 N–H and O–H groups in total. The van der Waals surface area contributed by atoms with Crippen molar-refractivity contribution in [2.24, 2.45) is 0 Å². The maximum Gasteiger partial charge on any atom is 0.328 e. The number of nitrogens with zero attached hydrogens (tertiary/aromatic N) is 1. The summed E-state index contributed by atoms with van der Waals surface area (Å²) in [6, 6.07) is 7.65. The molecule has 1 aromatic rings. The van der Waals surface area contributed by atoms with Gasteiger partial charge in [-0.25, -0.2) is 14.5 Å². The lowest BCUT2D eigenvalue weighted by molar-refractivity contribution is 0.0491. The summed E-state index contributed by atoms with van der Waals surface area (Å²) in [6.07, 6.45) is 2.81. The fraction of sp³-hybridized carbons (Fsp3) is 0.529. The summed E-state index contributed by atoms with van der Waals surface area (Å²) in [7, 11) is 0. The fourth-order valence-corrected chi connectivity index (χ4v) is 3.80. The van der Waals surface area contributed by atoms with Crippen molar-refractivity contribution in [1.29, 1.82) is 0 Å². The number of hydrogen-bond donors (Lipinski definition) is 3. The Bertz CT molecular complexity index is 626. The molecule has 7 heteroatoms. The average Bonchev–Trinajstić information content (AvgIpc) is 2.98. The number of ether oxygens (including phenoxy) is 1. The van der Waals surface area contributed by atoms with Crippen LogP contribution in [0.15, 0.2) is 24.3 Å². The van der Waals surface area contributed by atoms with Crippen LogP contribution in [0.5, 0.6) is 0 Å². The molecule has 0 saturated carbocycles. The Morgan fingerprint density at radius 2 is 1.75 bits per heavy atom. The smallest absolute Gasteiger partial charge is 0.328 e. The number of urea groups is 2. The maximum atomic E-state index is 12.4. The number of rotatable bonds is 3. The zero-order valence-corrected chi connectivity index (χ0v) is 13.5. The van der Waals surface area contributed by atoms with Crippen molar-refractivity contribution in [1.82, 2.24) is 20.9 Å². The van der Waals surface area contributed by atoms with E-state index in [1.165, 1.54) is 16.0 Å². The Hall–Kier alpha value is -2.12. The lowest BCUT2D eigenvalue weighted by atomic mass is 10.1. The average molecular weight is 330 g/mol. The second-order valence-electron chi connectivity index (χ2n) is 6.50. The molecule has 7 nitrogen and oxygen atoms in total. The van der Waals surface area contributed by atoms with Gasteiger partial charge in [-0.2, -0.15) is 0 Å². The molecule has 1 aromatic carbocycles. The number of fused-ring (bicyclic) bond motifs is 1. The third-order valence-electron chi connectivity index (χ3n) is 5.03. The lowest BCUT2D eigenvalue weighted by Gasteiger charge is -2.39. The first-order chi connectivity index (χ1) is 11.7. The van der Waals surface area contributed by atoms with Crippen molar-refractivity contribution in [3.63, 3.8) is 0 Å². The van der Waals surface area contributed by atoms with Crippen LogP contribution in [0.3, 0.4) is 0 Å². The van der Waals surface area contributed by atoms with E-state index < -0.39 is 6.29 Å². The van der Waals surface area contributed by atoms with E-state index in [1.807, 2.05) is 12.1 Å². The monoisotopic (exact) mass is 330 g/mol. The minimum Gasteiger partial charge on any atom is -0.381 e. The second-order valence-corrected chi connectivity index (χ2v) is 6.50. The molecule has 1 aliphatic carbocycles. The molecular formula is C17H22N4O3. The highest BCUT2D eigenvalue weighted by atomic mass is 16.5. The van der Waals surface area contributed by atoms with E-state index in [0.717, 1.165) is 12.8 Å². The Morgan fingerprint density at radius 1 is 1.04 bits per heavy atom. The van der Waals surface area contributed by atoms with Gasteiger partial charge in [0.05, 0.1) is 0 Å². The number of aryl methyl sites for hydroxylation is 1. The van der Waals surface area contributed by atoms with Gasteiger partial charge in [-0.3, -0.25) is 5.32 Å². The zero-order chi connectivity index (χ0) is 16.5. The molecule has 1 unspecified atom stereocenters. The zero-order valence-electron chi connectivity index (χ0n) is 13.5. The highest BCUT2D eigenvalue weighted by Crippen LogP contribution is 2.31. The topological polar surface area (TPSA) is 82.7 Å². The van der Waals surface area contributed by atoms with Crippen LogP contribution in [0.1, 0.15) is 36.4 Å². The van der Waals surface area contributed by atoms with Gasteiger partial charge in [0, 0.05) is 25.3 Å². The quantitative estimate of drug-likeness (QED) is 0.784. The minimum absolute atomic E-state index is 0.0908. The van der Waals surface area contributed by atoms with Crippen LogP contribution < -0.4 is 16.0 Å². The van der Waals surface area contributed by atoms with Crippen LogP contribution in [0.4, 0.5) is 9.59 Å². The van der Waals surface area contributed by atoms with Gasteiger partial charge < -0.3 is 15.4 Å². The molecule has 0 aromatic heterocycles. The Balaban J connectivity index is 1.41. The molecule has 0 radical (unpaired) electrons. The van der Waals surface area contributed by atoms with Crippen molar-refractivity contribution in [2.45, 2.75) is 44.1 Å². The number of imide groups is 1. The minimum atomic E-state index is -0.544. The summed E-state index contributed by atoms with van der Waals surface area (Å²) in [4.78, 5) is 26.1. The Labute approximate surface area is 140 Å². The normalized spacial score (nSPS) is 25.3. The molecule has 0 spiro atoms. The summed E-state index contributed by atoms with van der Waals surface area (Å²) >= 11 is 0. The van der Waals surface area contributed by atoms with E-state index in [4.69, 9.17) is 4.74 Å². The first-order valence-corrected chi connectivity index (χ1v) is 8.54. The van der Waals surface area contributed by atoms with Gasteiger partial charge in [0.25, 0.3) is 0 Å². The molecule has 1 atom stereocenters. The highest BCUT2D eigenvalue weighted by molar-refractivity contribution is 5.96. The van der Waals surface area contributed by atoms with E-state index in [0.29, 0.717) is 26.1 Å². The van der Waals surface area contributed by atoms with Gasteiger partial charge in [0.1, 0.15) is 0 Å². The predicted octanol–water partition coefficient (Wildman–Crippen LogP) is 1.46. The van der Waals surface area contributed by atoms with E-state index in [9.17, 15) is 9.59 Å². The Morgan fingerprint density at radius 3 is 2.50 bits per heavy atom. The van der Waals surface area contributed by atoms with Gasteiger partial charge >= 0.3 is 12.1 Å². The van der Waals surface area contributed by atoms with Crippen LogP contribution in [-0.2, 0) is 11.2 Å². The molecule has 4 amide bonds. The van der Waals surface area contributed by atoms with E-state index in [-0.39, 0.29) is 24.1 Å². The van der Waals surface area contributed by atoms with E-state index in [1.54, 1.807) is 0 Å². The van der Waals surface area contributed by atoms with Crippen molar-refractivity contribution >= 4 is 12.1 Å². The summed E-state index contributed by atoms with van der Waals surface area (Å²) in [5.41, 5.74) is 2.57. The molecule has 2 fully saturated rings. The molecule has 24 heavy (non-hydrogen) atoms. The second kappa shape index (κ2) is 6.41. The van der Waals surface area contributed by atoms with Gasteiger partial charge in [-0.15, -0.1) is 0 Å². The number of carbonyl (C=O) groups excluding carboxylic acids is 2. The largest absolute Gasteiger partial charge is 0.381 e. The molecular weight excluding hydrogens is 308 g/mol. The molecule has 4 rings (SSSR count). The standard InChI is InChI=1S/C17H22N4O3/c22-16-19-15(18-14-6-5-11-3-1-2-4-13(11)14)20-17(23)21(16)12-7-9-24-10-8-12/h1-4,12,14-15,18H,5-10H2,(H,19,22)(H,20,23). The maximum absolute atomic E-state index is 12.4. The lowest BCUT2D eigenvalue weighted by Crippen LogP contribution is -2.70. The van der Waals surface area contributed by atoms with Crippen LogP contribution in [0, 0.1) is 0 Å². The SMILES string of the molecule is O=C1NC(NC2CCc3ccccc32)NC(=O)N1C1CCOCC1. The molecule has 2 saturated heterocycles. The van der Waals surface area contributed by atoms with Crippen molar-refractivity contribution in [3.8, 4) is 0 Å². The third kappa shape index (κ3) is 2.85. The number of hydrogen-bond acceptors (Lipinski definition) is 4. The first kappa shape index (κ1) is 15.4. The summed E-state index contributed by atoms with van der Waals surface area (Å²) in [5, 5.41) is 9.05.